The highest BCUT2D eigenvalue weighted by molar-refractivity contribution is 6.31. The zero-order chi connectivity index (χ0) is 16.2. The predicted molar refractivity (Wildman–Crippen MR) is 85.6 cm³/mol. The Balaban J connectivity index is 1.90. The van der Waals surface area contributed by atoms with Crippen molar-refractivity contribution in [3.05, 3.63) is 82.2 Å². The molecule has 23 heavy (non-hydrogen) atoms. The third-order valence-electron chi connectivity index (χ3n) is 3.45. The quantitative estimate of drug-likeness (QED) is 0.766. The molecule has 0 saturated carbocycles. The molecule has 1 aromatic heterocycles. The average molecular weight is 332 g/mol. The first kappa shape index (κ1) is 15.6. The Morgan fingerprint density at radius 1 is 1.17 bits per heavy atom. The van der Waals surface area contributed by atoms with Gasteiger partial charge in [-0.15, -0.1) is 0 Å². The summed E-state index contributed by atoms with van der Waals surface area (Å²) >= 11 is 6.32. The van der Waals surface area contributed by atoms with E-state index in [0.717, 1.165) is 11.1 Å². The summed E-state index contributed by atoms with van der Waals surface area (Å²) < 4.78 is 18.3. The van der Waals surface area contributed by atoms with Crippen molar-refractivity contribution in [1.82, 2.24) is 15.5 Å². The molecule has 0 spiro atoms. The Morgan fingerprint density at radius 2 is 1.91 bits per heavy atom. The molecule has 0 aliphatic heterocycles. The second kappa shape index (κ2) is 6.89. The van der Waals surface area contributed by atoms with Crippen molar-refractivity contribution >= 4 is 11.6 Å². The van der Waals surface area contributed by atoms with Gasteiger partial charge in [-0.05, 0) is 36.2 Å². The second-order valence-electron chi connectivity index (χ2n) is 5.12. The topological polar surface area (TPSA) is 51.0 Å². The number of hydrogen-bond acceptors (Lipinski definition) is 4. The zero-order valence-electron chi connectivity index (χ0n) is 12.5. The Morgan fingerprint density at radius 3 is 2.57 bits per heavy atom. The molecule has 3 aromatic rings. The summed E-state index contributed by atoms with van der Waals surface area (Å²) in [6.07, 6.45) is 0. The van der Waals surface area contributed by atoms with Gasteiger partial charge in [-0.1, -0.05) is 47.1 Å². The number of aryl methyl sites for hydroxylation is 1. The van der Waals surface area contributed by atoms with Crippen LogP contribution in [-0.4, -0.2) is 10.1 Å². The highest BCUT2D eigenvalue weighted by Crippen LogP contribution is 2.28. The van der Waals surface area contributed by atoms with Crippen LogP contribution in [0.2, 0.25) is 5.02 Å². The van der Waals surface area contributed by atoms with Gasteiger partial charge in [-0.25, -0.2) is 4.39 Å². The number of nitrogens with one attached hydrogen (secondary N) is 1. The first-order chi connectivity index (χ1) is 11.1. The van der Waals surface area contributed by atoms with Crippen molar-refractivity contribution < 1.29 is 8.91 Å². The third-order valence-corrected chi connectivity index (χ3v) is 3.79. The molecule has 0 fully saturated rings. The minimum atomic E-state index is -0.279. The summed E-state index contributed by atoms with van der Waals surface area (Å²) in [5.74, 6) is 0.790. The van der Waals surface area contributed by atoms with E-state index in [1.54, 1.807) is 19.1 Å². The van der Waals surface area contributed by atoms with Crippen molar-refractivity contribution in [2.75, 3.05) is 0 Å². The lowest BCUT2D eigenvalue weighted by molar-refractivity contribution is 0.359. The molecule has 0 bridgehead atoms. The highest BCUT2D eigenvalue weighted by atomic mass is 35.5. The Bertz CT molecular complexity index is 789. The molecule has 1 N–H and O–H groups in total. The van der Waals surface area contributed by atoms with E-state index in [0.29, 0.717) is 23.3 Å². The lowest BCUT2D eigenvalue weighted by atomic mass is 9.98. The van der Waals surface area contributed by atoms with Crippen LogP contribution in [-0.2, 0) is 6.54 Å². The molecule has 0 unspecified atom stereocenters. The van der Waals surface area contributed by atoms with Crippen molar-refractivity contribution in [1.29, 1.82) is 0 Å². The molecule has 0 saturated heterocycles. The highest BCUT2D eigenvalue weighted by Gasteiger charge is 2.17. The van der Waals surface area contributed by atoms with E-state index in [1.165, 1.54) is 12.1 Å². The first-order valence-corrected chi connectivity index (χ1v) is 7.54. The van der Waals surface area contributed by atoms with Gasteiger partial charge in [0, 0.05) is 5.02 Å². The number of benzene rings is 2. The van der Waals surface area contributed by atoms with Crippen LogP contribution in [0.4, 0.5) is 4.39 Å². The molecule has 6 heteroatoms. The smallest absolute Gasteiger partial charge is 0.240 e. The molecule has 0 aliphatic carbocycles. The second-order valence-corrected chi connectivity index (χ2v) is 5.53. The van der Waals surface area contributed by atoms with Crippen molar-refractivity contribution in [2.45, 2.75) is 19.5 Å². The van der Waals surface area contributed by atoms with Crippen LogP contribution in [0.3, 0.4) is 0 Å². The fourth-order valence-electron chi connectivity index (χ4n) is 2.37. The number of halogens is 2. The predicted octanol–water partition coefficient (Wildman–Crippen LogP) is 4.05. The van der Waals surface area contributed by atoms with E-state index < -0.39 is 0 Å². The van der Waals surface area contributed by atoms with Gasteiger partial charge in [0.2, 0.25) is 5.89 Å². The molecule has 0 radical (unpaired) electrons. The normalized spacial score (nSPS) is 12.3. The fraction of sp³-hybridized carbons (Fsp3) is 0.176. The van der Waals surface area contributed by atoms with Gasteiger partial charge >= 0.3 is 0 Å². The molecule has 0 aliphatic rings. The Labute approximate surface area is 138 Å². The molecule has 1 heterocycles. The maximum atomic E-state index is 13.2. The van der Waals surface area contributed by atoms with Crippen LogP contribution in [0.5, 0.6) is 0 Å². The van der Waals surface area contributed by atoms with Crippen LogP contribution < -0.4 is 5.32 Å². The number of rotatable bonds is 5. The summed E-state index contributed by atoms with van der Waals surface area (Å²) in [4.78, 5) is 4.17. The van der Waals surface area contributed by atoms with Crippen LogP contribution in [0.15, 0.2) is 53.1 Å². The molecule has 3 rings (SSSR count). The van der Waals surface area contributed by atoms with Crippen molar-refractivity contribution in [3.8, 4) is 0 Å². The van der Waals surface area contributed by atoms with Gasteiger partial charge in [0.15, 0.2) is 5.82 Å². The standard InChI is InChI=1S/C17H15ClFN3O/c1-11-21-16(23-22-11)10-20-17(12-6-8-13(19)9-7-12)14-4-2-3-5-15(14)18/h2-9,17,20H,10H2,1H3/t17-/m1/s1. The van der Waals surface area contributed by atoms with Gasteiger partial charge in [0.25, 0.3) is 0 Å². The lowest BCUT2D eigenvalue weighted by Gasteiger charge is -2.20. The zero-order valence-corrected chi connectivity index (χ0v) is 13.2. The summed E-state index contributed by atoms with van der Waals surface area (Å²) in [6, 6.07) is 13.6. The molecular formula is C17H15ClFN3O. The summed E-state index contributed by atoms with van der Waals surface area (Å²) in [7, 11) is 0. The number of nitrogens with zero attached hydrogens (tertiary/aromatic N) is 2. The minimum absolute atomic E-state index is 0.212. The monoisotopic (exact) mass is 331 g/mol. The fourth-order valence-corrected chi connectivity index (χ4v) is 2.62. The van der Waals surface area contributed by atoms with Crippen molar-refractivity contribution in [3.63, 3.8) is 0 Å². The SMILES string of the molecule is Cc1noc(CN[C@H](c2ccc(F)cc2)c2ccccc2Cl)n1. The maximum Gasteiger partial charge on any atom is 0.240 e. The van der Waals surface area contributed by atoms with E-state index in [-0.39, 0.29) is 11.9 Å². The third kappa shape index (κ3) is 3.75. The van der Waals surface area contributed by atoms with E-state index in [1.807, 2.05) is 24.3 Å². The Kier molecular flexibility index (Phi) is 4.69. The van der Waals surface area contributed by atoms with E-state index in [4.69, 9.17) is 16.1 Å². The number of aromatic nitrogens is 2. The number of hydrogen-bond donors (Lipinski definition) is 1. The largest absolute Gasteiger partial charge is 0.338 e. The minimum Gasteiger partial charge on any atom is -0.338 e. The molecule has 0 amide bonds. The Hall–Kier alpha value is -2.24. The van der Waals surface area contributed by atoms with E-state index in [9.17, 15) is 4.39 Å². The van der Waals surface area contributed by atoms with Crippen LogP contribution in [0, 0.1) is 12.7 Å². The molecule has 4 nitrogen and oxygen atoms in total. The maximum absolute atomic E-state index is 13.2. The lowest BCUT2D eigenvalue weighted by Crippen LogP contribution is -2.22. The summed E-state index contributed by atoms with van der Waals surface area (Å²) in [5, 5.41) is 7.74. The molecule has 1 atom stereocenters. The van der Waals surface area contributed by atoms with Crippen molar-refractivity contribution in [2.24, 2.45) is 0 Å². The van der Waals surface area contributed by atoms with Gasteiger partial charge in [0.1, 0.15) is 5.82 Å². The van der Waals surface area contributed by atoms with Gasteiger partial charge in [-0.2, -0.15) is 4.98 Å². The van der Waals surface area contributed by atoms with Gasteiger partial charge in [-0.3, -0.25) is 5.32 Å². The molecule has 2 aromatic carbocycles. The summed E-state index contributed by atoms with van der Waals surface area (Å²) in [6.45, 7) is 2.15. The first-order valence-electron chi connectivity index (χ1n) is 7.16. The van der Waals surface area contributed by atoms with Crippen LogP contribution >= 0.6 is 11.6 Å². The van der Waals surface area contributed by atoms with Crippen LogP contribution in [0.25, 0.3) is 0 Å². The molecule has 118 valence electrons. The average Bonchev–Trinajstić information content (AvgIpc) is 2.96. The van der Waals surface area contributed by atoms with E-state index in [2.05, 4.69) is 15.5 Å². The van der Waals surface area contributed by atoms with Gasteiger partial charge in [0.05, 0.1) is 12.6 Å². The summed E-state index contributed by atoms with van der Waals surface area (Å²) in [5.41, 5.74) is 1.80. The molecular weight excluding hydrogens is 317 g/mol. The van der Waals surface area contributed by atoms with Gasteiger partial charge < -0.3 is 4.52 Å². The van der Waals surface area contributed by atoms with E-state index >= 15 is 0 Å². The van der Waals surface area contributed by atoms with Crippen LogP contribution in [0.1, 0.15) is 28.9 Å².